The second-order valence-corrected chi connectivity index (χ2v) is 6.18. The lowest BCUT2D eigenvalue weighted by Crippen LogP contribution is -2.40. The van der Waals surface area contributed by atoms with Crippen LogP contribution in [0.4, 0.5) is 5.69 Å². The van der Waals surface area contributed by atoms with Gasteiger partial charge in [0.15, 0.2) is 0 Å². The first-order valence-corrected chi connectivity index (χ1v) is 7.99. The number of carbonyl (C=O) groups excluding carboxylic acids is 1. The second-order valence-electron chi connectivity index (χ2n) is 4.27. The van der Waals surface area contributed by atoms with Gasteiger partial charge in [0, 0.05) is 20.0 Å². The molecular formula is C13H20N2O3S. The molecule has 6 heteroatoms. The smallest absolute Gasteiger partial charge is 0.232 e. The molecule has 1 rings (SSSR count). The van der Waals surface area contributed by atoms with Gasteiger partial charge >= 0.3 is 0 Å². The van der Waals surface area contributed by atoms with E-state index in [1.165, 1.54) is 17.5 Å². The van der Waals surface area contributed by atoms with Gasteiger partial charge in [0.1, 0.15) is 0 Å². The van der Waals surface area contributed by atoms with Crippen molar-refractivity contribution in [3.05, 3.63) is 30.3 Å². The van der Waals surface area contributed by atoms with E-state index in [-0.39, 0.29) is 12.5 Å². The van der Waals surface area contributed by atoms with Crippen molar-refractivity contribution in [1.82, 2.24) is 4.90 Å². The summed E-state index contributed by atoms with van der Waals surface area (Å²) in [6.07, 6.45) is 1.17. The van der Waals surface area contributed by atoms with Gasteiger partial charge in [-0.1, -0.05) is 18.2 Å². The molecule has 1 amide bonds. The number of nitrogens with zero attached hydrogens (tertiary/aromatic N) is 2. The van der Waals surface area contributed by atoms with Crippen molar-refractivity contribution in [2.75, 3.05) is 30.2 Å². The Hall–Kier alpha value is -1.56. The average molecular weight is 284 g/mol. The maximum absolute atomic E-state index is 11.8. The maximum atomic E-state index is 11.8. The molecule has 106 valence electrons. The van der Waals surface area contributed by atoms with Crippen LogP contribution < -0.4 is 4.31 Å². The molecular weight excluding hydrogens is 264 g/mol. The first-order chi connectivity index (χ1) is 8.86. The van der Waals surface area contributed by atoms with E-state index in [1.807, 2.05) is 13.0 Å². The minimum atomic E-state index is -3.35. The number of para-hydroxylation sites is 1. The summed E-state index contributed by atoms with van der Waals surface area (Å²) >= 11 is 0. The lowest BCUT2D eigenvalue weighted by molar-refractivity contribution is -0.128. The third kappa shape index (κ3) is 4.55. The monoisotopic (exact) mass is 284 g/mol. The van der Waals surface area contributed by atoms with Gasteiger partial charge in [0.05, 0.1) is 18.5 Å². The summed E-state index contributed by atoms with van der Waals surface area (Å²) in [6.45, 7) is 4.57. The van der Waals surface area contributed by atoms with Crippen LogP contribution in [-0.4, -0.2) is 45.1 Å². The van der Waals surface area contributed by atoms with Crippen LogP contribution in [0.15, 0.2) is 30.3 Å². The van der Waals surface area contributed by atoms with Gasteiger partial charge in [-0.2, -0.15) is 0 Å². The quantitative estimate of drug-likeness (QED) is 0.791. The molecule has 1 aromatic rings. The van der Waals surface area contributed by atoms with Gasteiger partial charge < -0.3 is 4.90 Å². The summed E-state index contributed by atoms with van der Waals surface area (Å²) in [5, 5.41) is 0. The molecule has 1 aromatic carbocycles. The van der Waals surface area contributed by atoms with Crippen molar-refractivity contribution in [3.8, 4) is 0 Å². The Labute approximate surface area is 114 Å². The van der Waals surface area contributed by atoms with Gasteiger partial charge in [-0.3, -0.25) is 9.10 Å². The molecule has 0 heterocycles. The highest BCUT2D eigenvalue weighted by Crippen LogP contribution is 2.16. The largest absolute Gasteiger partial charge is 0.341 e. The summed E-state index contributed by atoms with van der Waals surface area (Å²) in [6, 6.07) is 8.89. The number of likely N-dealkylation sites (N-methyl/N-ethyl adjacent to an activating group) is 1. The van der Waals surface area contributed by atoms with Crippen LogP contribution in [0.1, 0.15) is 13.8 Å². The fraction of sp³-hybridized carbons (Fsp3) is 0.462. The third-order valence-corrected chi connectivity index (χ3v) is 4.04. The highest BCUT2D eigenvalue weighted by molar-refractivity contribution is 7.92. The highest BCUT2D eigenvalue weighted by Gasteiger charge is 2.18. The van der Waals surface area contributed by atoms with Gasteiger partial charge in [0.25, 0.3) is 0 Å². The predicted octanol–water partition coefficient (Wildman–Crippen LogP) is 1.32. The van der Waals surface area contributed by atoms with Crippen molar-refractivity contribution in [1.29, 1.82) is 0 Å². The molecule has 0 atom stereocenters. The Morgan fingerprint density at radius 3 is 2.16 bits per heavy atom. The van der Waals surface area contributed by atoms with Crippen LogP contribution >= 0.6 is 0 Å². The van der Waals surface area contributed by atoms with E-state index in [9.17, 15) is 13.2 Å². The van der Waals surface area contributed by atoms with E-state index in [2.05, 4.69) is 0 Å². The van der Waals surface area contributed by atoms with E-state index in [0.717, 1.165) is 0 Å². The van der Waals surface area contributed by atoms with Crippen molar-refractivity contribution >= 4 is 21.6 Å². The van der Waals surface area contributed by atoms with E-state index in [4.69, 9.17) is 0 Å². The fourth-order valence-corrected chi connectivity index (χ4v) is 2.75. The molecule has 0 aliphatic carbocycles. The summed E-state index contributed by atoms with van der Waals surface area (Å²) < 4.78 is 25.0. The zero-order valence-electron chi connectivity index (χ0n) is 11.5. The van der Waals surface area contributed by atoms with E-state index in [0.29, 0.717) is 18.8 Å². The molecule has 5 nitrogen and oxygen atoms in total. The number of benzene rings is 1. The molecule has 0 aromatic heterocycles. The van der Waals surface area contributed by atoms with Crippen LogP contribution in [-0.2, 0) is 14.8 Å². The topological polar surface area (TPSA) is 57.7 Å². The first kappa shape index (κ1) is 15.5. The van der Waals surface area contributed by atoms with Crippen molar-refractivity contribution < 1.29 is 13.2 Å². The summed E-state index contributed by atoms with van der Waals surface area (Å²) in [5.74, 6) is -0.0518. The third-order valence-electron chi connectivity index (χ3n) is 2.84. The summed E-state index contributed by atoms with van der Waals surface area (Å²) in [4.78, 5) is 12.9. The average Bonchev–Trinajstić information content (AvgIpc) is 2.33. The molecule has 0 saturated heterocycles. The van der Waals surface area contributed by atoms with Gasteiger partial charge in [0.2, 0.25) is 15.9 Å². The summed E-state index contributed by atoms with van der Waals surface area (Å²) in [7, 11) is -3.35. The van der Waals surface area contributed by atoms with Crippen molar-refractivity contribution in [3.63, 3.8) is 0 Å². The molecule has 0 radical (unpaired) electrons. The molecule has 0 aliphatic rings. The van der Waals surface area contributed by atoms with Crippen LogP contribution in [0.3, 0.4) is 0 Å². The molecule has 0 aliphatic heterocycles. The minimum absolute atomic E-state index is 0.0518. The summed E-state index contributed by atoms with van der Waals surface area (Å²) in [5.41, 5.74) is 0.615. The Bertz CT molecular complexity index is 514. The molecule has 0 bridgehead atoms. The molecule has 0 fully saturated rings. The number of anilines is 1. The second kappa shape index (κ2) is 6.56. The van der Waals surface area contributed by atoms with Gasteiger partial charge in [-0.25, -0.2) is 8.42 Å². The molecule has 0 unspecified atom stereocenters. The lowest BCUT2D eigenvalue weighted by atomic mass is 10.3. The standard InChI is InChI=1S/C13H20N2O3S/c1-4-14(12(2)16)10-11-15(19(3,17)18)13-8-6-5-7-9-13/h5-9H,4,10-11H2,1-3H3. The fourth-order valence-electron chi connectivity index (χ4n) is 1.83. The van der Waals surface area contributed by atoms with E-state index < -0.39 is 10.0 Å². The Kier molecular flexibility index (Phi) is 5.35. The van der Waals surface area contributed by atoms with Crippen LogP contribution in [0.2, 0.25) is 0 Å². The van der Waals surface area contributed by atoms with Crippen molar-refractivity contribution in [2.45, 2.75) is 13.8 Å². The zero-order chi connectivity index (χ0) is 14.5. The number of hydrogen-bond donors (Lipinski definition) is 0. The van der Waals surface area contributed by atoms with E-state index >= 15 is 0 Å². The number of hydrogen-bond acceptors (Lipinski definition) is 3. The number of amides is 1. The molecule has 0 spiro atoms. The Morgan fingerprint density at radius 2 is 1.74 bits per heavy atom. The normalized spacial score (nSPS) is 11.1. The number of sulfonamides is 1. The van der Waals surface area contributed by atoms with Gasteiger partial charge in [-0.15, -0.1) is 0 Å². The highest BCUT2D eigenvalue weighted by atomic mass is 32.2. The lowest BCUT2D eigenvalue weighted by Gasteiger charge is -2.26. The Balaban J connectivity index is 2.87. The number of rotatable bonds is 6. The van der Waals surface area contributed by atoms with Crippen LogP contribution in [0.25, 0.3) is 0 Å². The van der Waals surface area contributed by atoms with E-state index in [1.54, 1.807) is 29.2 Å². The molecule has 0 N–H and O–H groups in total. The minimum Gasteiger partial charge on any atom is -0.341 e. The number of carbonyl (C=O) groups is 1. The zero-order valence-corrected chi connectivity index (χ0v) is 12.4. The molecule has 19 heavy (non-hydrogen) atoms. The predicted molar refractivity (Wildman–Crippen MR) is 76.6 cm³/mol. The van der Waals surface area contributed by atoms with Crippen LogP contribution in [0.5, 0.6) is 0 Å². The maximum Gasteiger partial charge on any atom is 0.232 e. The van der Waals surface area contributed by atoms with Crippen LogP contribution in [0, 0.1) is 0 Å². The Morgan fingerprint density at radius 1 is 1.16 bits per heavy atom. The first-order valence-electron chi connectivity index (χ1n) is 6.14. The van der Waals surface area contributed by atoms with Crippen molar-refractivity contribution in [2.24, 2.45) is 0 Å². The molecule has 0 saturated carbocycles. The van der Waals surface area contributed by atoms with Gasteiger partial charge in [-0.05, 0) is 19.1 Å². The SMILES string of the molecule is CCN(CCN(c1ccccc1)S(C)(=O)=O)C(C)=O.